The molecule has 3 heteroatoms. The molecule has 1 aromatic rings. The first-order chi connectivity index (χ1) is 7.31. The summed E-state index contributed by atoms with van der Waals surface area (Å²) in [6.07, 6.45) is 3.82. The van der Waals surface area contributed by atoms with Crippen LogP contribution in [0.4, 0.5) is 5.69 Å². The van der Waals surface area contributed by atoms with E-state index in [4.69, 9.17) is 16.7 Å². The van der Waals surface area contributed by atoms with E-state index < -0.39 is 0 Å². The maximum Gasteiger partial charge on any atom is 0.0682 e. The summed E-state index contributed by atoms with van der Waals surface area (Å²) in [5.41, 5.74) is 1.98. The maximum absolute atomic E-state index is 8.99. The number of rotatable bonds is 2. The number of aliphatic hydroxyl groups is 1. The molecule has 0 saturated carbocycles. The average molecular weight is 226 g/mol. The van der Waals surface area contributed by atoms with Crippen LogP contribution in [0.1, 0.15) is 24.8 Å². The van der Waals surface area contributed by atoms with E-state index in [1.807, 2.05) is 18.2 Å². The van der Waals surface area contributed by atoms with Gasteiger partial charge in [0.1, 0.15) is 0 Å². The van der Waals surface area contributed by atoms with Gasteiger partial charge >= 0.3 is 0 Å². The summed E-state index contributed by atoms with van der Waals surface area (Å²) in [6.45, 7) is 2.25. The molecule has 0 bridgehead atoms. The number of aliphatic hydroxyl groups excluding tert-OH is 1. The summed E-state index contributed by atoms with van der Waals surface area (Å²) in [5.74, 6) is 0. The van der Waals surface area contributed by atoms with Gasteiger partial charge < -0.3 is 10.0 Å². The first kappa shape index (κ1) is 10.8. The molecular weight excluding hydrogens is 210 g/mol. The molecule has 2 nitrogen and oxygen atoms in total. The highest BCUT2D eigenvalue weighted by atomic mass is 35.5. The molecule has 0 amide bonds. The molecule has 0 radical (unpaired) electrons. The van der Waals surface area contributed by atoms with E-state index in [-0.39, 0.29) is 6.61 Å². The molecular formula is C12H16ClNO. The zero-order valence-electron chi connectivity index (χ0n) is 8.75. The molecule has 2 rings (SSSR count). The van der Waals surface area contributed by atoms with Crippen molar-refractivity contribution in [3.63, 3.8) is 0 Å². The third-order valence-corrected chi connectivity index (χ3v) is 3.19. The molecule has 0 aromatic heterocycles. The molecule has 1 aliphatic rings. The zero-order chi connectivity index (χ0) is 10.7. The smallest absolute Gasteiger partial charge is 0.0682 e. The fourth-order valence-electron chi connectivity index (χ4n) is 2.04. The fraction of sp³-hybridized carbons (Fsp3) is 0.500. The van der Waals surface area contributed by atoms with Crippen molar-refractivity contribution < 1.29 is 5.11 Å². The van der Waals surface area contributed by atoms with Crippen molar-refractivity contribution in [3.8, 4) is 0 Å². The highest BCUT2D eigenvalue weighted by molar-refractivity contribution is 6.33. The van der Waals surface area contributed by atoms with Gasteiger partial charge in [-0.2, -0.15) is 0 Å². The van der Waals surface area contributed by atoms with Crippen molar-refractivity contribution >= 4 is 17.3 Å². The third-order valence-electron chi connectivity index (χ3n) is 2.89. The molecule has 1 N–H and O–H groups in total. The summed E-state index contributed by atoms with van der Waals surface area (Å²) in [4.78, 5) is 2.33. The molecule has 15 heavy (non-hydrogen) atoms. The summed E-state index contributed by atoms with van der Waals surface area (Å²) in [6, 6.07) is 5.81. The number of benzene rings is 1. The molecule has 1 fully saturated rings. The van der Waals surface area contributed by atoms with E-state index in [9.17, 15) is 0 Å². The predicted molar refractivity (Wildman–Crippen MR) is 63.4 cm³/mol. The molecule has 82 valence electrons. The number of nitrogens with zero attached hydrogens (tertiary/aromatic N) is 1. The first-order valence-electron chi connectivity index (χ1n) is 5.45. The SMILES string of the molecule is OCc1ccc(N2CCCCC2)c(Cl)c1. The van der Waals surface area contributed by atoms with Crippen LogP contribution in [-0.2, 0) is 6.61 Å². The Bertz CT molecular complexity index is 334. The molecule has 0 unspecified atom stereocenters. The molecule has 0 aliphatic carbocycles. The van der Waals surface area contributed by atoms with Crippen LogP contribution >= 0.6 is 11.6 Å². The van der Waals surface area contributed by atoms with Crippen molar-refractivity contribution in [1.29, 1.82) is 0 Å². The second-order valence-electron chi connectivity index (χ2n) is 3.99. The summed E-state index contributed by atoms with van der Waals surface area (Å²) < 4.78 is 0. The maximum atomic E-state index is 8.99. The van der Waals surface area contributed by atoms with Gasteiger partial charge in [-0.15, -0.1) is 0 Å². The Morgan fingerprint density at radius 3 is 2.53 bits per heavy atom. The number of hydrogen-bond acceptors (Lipinski definition) is 2. The highest BCUT2D eigenvalue weighted by Crippen LogP contribution is 2.29. The summed E-state index contributed by atoms with van der Waals surface area (Å²) in [7, 11) is 0. The van der Waals surface area contributed by atoms with Gasteiger partial charge in [0.25, 0.3) is 0 Å². The Balaban J connectivity index is 2.19. The van der Waals surface area contributed by atoms with Crippen molar-refractivity contribution in [1.82, 2.24) is 0 Å². The minimum atomic E-state index is 0.0556. The van der Waals surface area contributed by atoms with Crippen molar-refractivity contribution in [3.05, 3.63) is 28.8 Å². The normalized spacial score (nSPS) is 16.8. The van der Waals surface area contributed by atoms with E-state index in [1.54, 1.807) is 0 Å². The minimum absolute atomic E-state index is 0.0556. The van der Waals surface area contributed by atoms with Crippen LogP contribution in [0.3, 0.4) is 0 Å². The summed E-state index contributed by atoms with van der Waals surface area (Å²) in [5, 5.41) is 9.74. The summed E-state index contributed by atoms with van der Waals surface area (Å²) >= 11 is 6.19. The Morgan fingerprint density at radius 2 is 1.93 bits per heavy atom. The van der Waals surface area contributed by atoms with Crippen molar-refractivity contribution in [2.24, 2.45) is 0 Å². The lowest BCUT2D eigenvalue weighted by Crippen LogP contribution is -2.29. The van der Waals surface area contributed by atoms with Crippen LogP contribution in [-0.4, -0.2) is 18.2 Å². The van der Waals surface area contributed by atoms with Crippen molar-refractivity contribution in [2.75, 3.05) is 18.0 Å². The molecule has 1 aromatic carbocycles. The largest absolute Gasteiger partial charge is 0.392 e. The van der Waals surface area contributed by atoms with Gasteiger partial charge in [0, 0.05) is 13.1 Å². The van der Waals surface area contributed by atoms with Crippen LogP contribution in [0.2, 0.25) is 5.02 Å². The van der Waals surface area contributed by atoms with Crippen LogP contribution in [0.5, 0.6) is 0 Å². The predicted octanol–water partition coefficient (Wildman–Crippen LogP) is 2.82. The van der Waals surface area contributed by atoms with Gasteiger partial charge in [-0.1, -0.05) is 17.7 Å². The molecule has 1 aliphatic heterocycles. The van der Waals surface area contributed by atoms with Gasteiger partial charge in [0.2, 0.25) is 0 Å². The lowest BCUT2D eigenvalue weighted by atomic mass is 10.1. The molecule has 0 atom stereocenters. The second-order valence-corrected chi connectivity index (χ2v) is 4.40. The van der Waals surface area contributed by atoms with Gasteiger partial charge in [0.05, 0.1) is 17.3 Å². The van der Waals surface area contributed by atoms with E-state index in [2.05, 4.69) is 4.90 Å². The quantitative estimate of drug-likeness (QED) is 0.837. The third kappa shape index (κ3) is 2.44. The van der Waals surface area contributed by atoms with Gasteiger partial charge in [0.15, 0.2) is 0 Å². The minimum Gasteiger partial charge on any atom is -0.392 e. The van der Waals surface area contributed by atoms with Crippen LogP contribution < -0.4 is 4.90 Å². The first-order valence-corrected chi connectivity index (χ1v) is 5.83. The average Bonchev–Trinajstić information content (AvgIpc) is 2.30. The number of piperidine rings is 1. The Hall–Kier alpha value is -0.730. The topological polar surface area (TPSA) is 23.5 Å². The Labute approximate surface area is 95.5 Å². The molecule has 1 saturated heterocycles. The van der Waals surface area contributed by atoms with E-state index in [1.165, 1.54) is 19.3 Å². The van der Waals surface area contributed by atoms with Crippen LogP contribution in [0, 0.1) is 0 Å². The monoisotopic (exact) mass is 225 g/mol. The van der Waals surface area contributed by atoms with Crippen LogP contribution in [0.15, 0.2) is 18.2 Å². The Kier molecular flexibility index (Phi) is 3.49. The number of anilines is 1. The van der Waals surface area contributed by atoms with Crippen molar-refractivity contribution in [2.45, 2.75) is 25.9 Å². The lowest BCUT2D eigenvalue weighted by molar-refractivity contribution is 0.282. The number of hydrogen-bond donors (Lipinski definition) is 1. The zero-order valence-corrected chi connectivity index (χ0v) is 9.50. The van der Waals surface area contributed by atoms with Gasteiger partial charge in [-0.25, -0.2) is 0 Å². The van der Waals surface area contributed by atoms with E-state index in [0.29, 0.717) is 0 Å². The standard InChI is InChI=1S/C12H16ClNO/c13-11-8-10(9-15)4-5-12(11)14-6-2-1-3-7-14/h4-5,8,15H,1-3,6-7,9H2. The highest BCUT2D eigenvalue weighted by Gasteiger charge is 2.13. The lowest BCUT2D eigenvalue weighted by Gasteiger charge is -2.29. The number of halogens is 1. The molecule has 0 spiro atoms. The Morgan fingerprint density at radius 1 is 1.20 bits per heavy atom. The van der Waals surface area contributed by atoms with Crippen LogP contribution in [0.25, 0.3) is 0 Å². The fourth-order valence-corrected chi connectivity index (χ4v) is 2.36. The molecule has 1 heterocycles. The van der Waals surface area contributed by atoms with E-state index >= 15 is 0 Å². The van der Waals surface area contributed by atoms with Gasteiger partial charge in [-0.3, -0.25) is 0 Å². The second kappa shape index (κ2) is 4.86. The van der Waals surface area contributed by atoms with Gasteiger partial charge in [-0.05, 0) is 37.0 Å². The van der Waals surface area contributed by atoms with E-state index in [0.717, 1.165) is 29.4 Å².